The molecule has 1 atom stereocenters. The Morgan fingerprint density at radius 1 is 1.62 bits per heavy atom. The number of aryl methyl sites for hydroxylation is 1. The molecule has 0 saturated heterocycles. The molecule has 1 aliphatic rings. The summed E-state index contributed by atoms with van der Waals surface area (Å²) in [5, 5.41) is 8.88. The fraction of sp³-hybridized carbons (Fsp3) is 0.615. The van der Waals surface area contributed by atoms with Crippen LogP contribution in [-0.4, -0.2) is 11.1 Å². The van der Waals surface area contributed by atoms with Crippen molar-refractivity contribution in [2.45, 2.75) is 51.4 Å². The molecule has 1 aromatic rings. The summed E-state index contributed by atoms with van der Waals surface area (Å²) in [5.74, 6) is 1.81. The second-order valence-electron chi connectivity index (χ2n) is 4.87. The van der Waals surface area contributed by atoms with Gasteiger partial charge in [0.2, 0.25) is 0 Å². The molecule has 0 aliphatic heterocycles. The molecule has 0 fully saturated rings. The van der Waals surface area contributed by atoms with Gasteiger partial charge in [-0.25, -0.2) is 0 Å². The van der Waals surface area contributed by atoms with Gasteiger partial charge in [0.25, 0.3) is 0 Å². The Hall–Kier alpha value is -1.25. The SMILES string of the molecule is CC(C)c1cc2c(o1)CCCC2CC(=O)O. The third kappa shape index (κ3) is 2.13. The first kappa shape index (κ1) is 11.2. The van der Waals surface area contributed by atoms with Crippen LogP contribution >= 0.6 is 0 Å². The van der Waals surface area contributed by atoms with Gasteiger partial charge in [-0.15, -0.1) is 0 Å². The van der Waals surface area contributed by atoms with Gasteiger partial charge >= 0.3 is 5.97 Å². The number of carboxylic acid groups (broad SMARTS) is 1. The van der Waals surface area contributed by atoms with E-state index in [1.807, 2.05) is 0 Å². The van der Waals surface area contributed by atoms with Crippen molar-refractivity contribution in [3.05, 3.63) is 23.2 Å². The molecular formula is C13H18O3. The molecule has 0 aromatic carbocycles. The summed E-state index contributed by atoms with van der Waals surface area (Å²) in [6, 6.07) is 2.06. The number of furan rings is 1. The zero-order valence-corrected chi connectivity index (χ0v) is 9.82. The summed E-state index contributed by atoms with van der Waals surface area (Å²) in [6.45, 7) is 4.19. The minimum atomic E-state index is -0.717. The van der Waals surface area contributed by atoms with Crippen LogP contribution in [0.4, 0.5) is 0 Å². The summed E-state index contributed by atoms with van der Waals surface area (Å²) >= 11 is 0. The lowest BCUT2D eigenvalue weighted by Crippen LogP contribution is -2.11. The van der Waals surface area contributed by atoms with Crippen LogP contribution in [0.1, 0.15) is 62.0 Å². The maximum atomic E-state index is 10.8. The van der Waals surface area contributed by atoms with Crippen LogP contribution in [0, 0.1) is 0 Å². The molecule has 1 unspecified atom stereocenters. The van der Waals surface area contributed by atoms with Crippen LogP contribution in [0.2, 0.25) is 0 Å². The fourth-order valence-electron chi connectivity index (χ4n) is 2.38. The fourth-order valence-corrected chi connectivity index (χ4v) is 2.38. The van der Waals surface area contributed by atoms with Crippen molar-refractivity contribution in [1.29, 1.82) is 0 Å². The summed E-state index contributed by atoms with van der Waals surface area (Å²) < 4.78 is 5.79. The molecule has 16 heavy (non-hydrogen) atoms. The van der Waals surface area contributed by atoms with E-state index in [9.17, 15) is 4.79 Å². The summed E-state index contributed by atoms with van der Waals surface area (Å²) in [7, 11) is 0. The molecule has 2 rings (SSSR count). The molecular weight excluding hydrogens is 204 g/mol. The topological polar surface area (TPSA) is 50.4 Å². The highest BCUT2D eigenvalue weighted by molar-refractivity contribution is 5.68. The Labute approximate surface area is 95.5 Å². The van der Waals surface area contributed by atoms with Crippen LogP contribution in [0.25, 0.3) is 0 Å². The molecule has 3 nitrogen and oxygen atoms in total. The zero-order valence-electron chi connectivity index (χ0n) is 9.82. The normalized spacial score (nSPS) is 19.8. The number of carbonyl (C=O) groups is 1. The summed E-state index contributed by atoms with van der Waals surface area (Å²) in [5.41, 5.74) is 1.14. The summed E-state index contributed by atoms with van der Waals surface area (Å²) in [4.78, 5) is 10.8. The molecule has 0 radical (unpaired) electrons. The molecule has 1 aromatic heterocycles. The van der Waals surface area contributed by atoms with Crippen molar-refractivity contribution < 1.29 is 14.3 Å². The van der Waals surface area contributed by atoms with Crippen molar-refractivity contribution in [3.63, 3.8) is 0 Å². The van der Waals surface area contributed by atoms with Crippen molar-refractivity contribution in [3.8, 4) is 0 Å². The molecule has 1 heterocycles. The number of fused-ring (bicyclic) bond motifs is 1. The first-order valence-corrected chi connectivity index (χ1v) is 5.92. The number of aliphatic carboxylic acids is 1. The Bertz CT molecular complexity index is 390. The van der Waals surface area contributed by atoms with Gasteiger partial charge in [0.15, 0.2) is 0 Å². The molecule has 0 spiro atoms. The molecule has 0 saturated carbocycles. The second kappa shape index (κ2) is 4.32. The van der Waals surface area contributed by atoms with E-state index in [4.69, 9.17) is 9.52 Å². The number of carboxylic acids is 1. The molecule has 0 amide bonds. The molecule has 1 N–H and O–H groups in total. The summed E-state index contributed by atoms with van der Waals surface area (Å²) in [6.07, 6.45) is 3.19. The predicted octanol–water partition coefficient (Wildman–Crippen LogP) is 3.30. The highest BCUT2D eigenvalue weighted by Crippen LogP contribution is 2.37. The Morgan fingerprint density at radius 3 is 3.00 bits per heavy atom. The van der Waals surface area contributed by atoms with Gasteiger partial charge in [-0.05, 0) is 30.4 Å². The third-order valence-corrected chi connectivity index (χ3v) is 3.25. The van der Waals surface area contributed by atoms with Gasteiger partial charge in [0.1, 0.15) is 11.5 Å². The molecule has 0 bridgehead atoms. The van der Waals surface area contributed by atoms with Gasteiger partial charge in [-0.2, -0.15) is 0 Å². The second-order valence-corrected chi connectivity index (χ2v) is 4.87. The van der Waals surface area contributed by atoms with E-state index in [2.05, 4.69) is 19.9 Å². The van der Waals surface area contributed by atoms with E-state index in [-0.39, 0.29) is 12.3 Å². The van der Waals surface area contributed by atoms with E-state index >= 15 is 0 Å². The first-order chi connectivity index (χ1) is 7.58. The third-order valence-electron chi connectivity index (χ3n) is 3.25. The van der Waals surface area contributed by atoms with Gasteiger partial charge < -0.3 is 9.52 Å². The van der Waals surface area contributed by atoms with E-state index in [0.29, 0.717) is 5.92 Å². The Balaban J connectivity index is 2.27. The largest absolute Gasteiger partial charge is 0.481 e. The van der Waals surface area contributed by atoms with Crippen LogP contribution in [-0.2, 0) is 11.2 Å². The zero-order chi connectivity index (χ0) is 11.7. The van der Waals surface area contributed by atoms with Crippen molar-refractivity contribution in [2.75, 3.05) is 0 Å². The van der Waals surface area contributed by atoms with E-state index < -0.39 is 5.97 Å². The molecule has 3 heteroatoms. The Morgan fingerprint density at radius 2 is 2.38 bits per heavy atom. The quantitative estimate of drug-likeness (QED) is 0.853. The monoisotopic (exact) mass is 222 g/mol. The minimum Gasteiger partial charge on any atom is -0.481 e. The lowest BCUT2D eigenvalue weighted by molar-refractivity contribution is -0.137. The smallest absolute Gasteiger partial charge is 0.303 e. The van der Waals surface area contributed by atoms with Crippen LogP contribution in [0.15, 0.2) is 10.5 Å². The standard InChI is InChI=1S/C13H18O3/c1-8(2)12-7-10-9(6-13(14)15)4-3-5-11(10)16-12/h7-9H,3-6H2,1-2H3,(H,14,15). The van der Waals surface area contributed by atoms with Crippen LogP contribution < -0.4 is 0 Å². The minimum absolute atomic E-state index is 0.150. The molecule has 1 aliphatic carbocycles. The Kier molecular flexibility index (Phi) is 3.03. The number of hydrogen-bond acceptors (Lipinski definition) is 2. The van der Waals surface area contributed by atoms with E-state index in [1.54, 1.807) is 0 Å². The van der Waals surface area contributed by atoms with E-state index in [1.165, 1.54) is 0 Å². The van der Waals surface area contributed by atoms with Crippen LogP contribution in [0.5, 0.6) is 0 Å². The lowest BCUT2D eigenvalue weighted by atomic mass is 9.85. The predicted molar refractivity (Wildman–Crippen MR) is 60.7 cm³/mol. The lowest BCUT2D eigenvalue weighted by Gasteiger charge is -2.19. The van der Waals surface area contributed by atoms with Crippen molar-refractivity contribution >= 4 is 5.97 Å². The number of hydrogen-bond donors (Lipinski definition) is 1. The van der Waals surface area contributed by atoms with Gasteiger partial charge in [0, 0.05) is 12.3 Å². The average molecular weight is 222 g/mol. The molecule has 88 valence electrons. The first-order valence-electron chi connectivity index (χ1n) is 5.92. The maximum Gasteiger partial charge on any atom is 0.303 e. The highest BCUT2D eigenvalue weighted by Gasteiger charge is 2.26. The van der Waals surface area contributed by atoms with Gasteiger partial charge in [-0.1, -0.05) is 13.8 Å². The average Bonchev–Trinajstić information content (AvgIpc) is 2.61. The number of rotatable bonds is 3. The van der Waals surface area contributed by atoms with Crippen molar-refractivity contribution in [1.82, 2.24) is 0 Å². The van der Waals surface area contributed by atoms with Gasteiger partial charge in [0.05, 0.1) is 6.42 Å². The van der Waals surface area contributed by atoms with Crippen molar-refractivity contribution in [2.24, 2.45) is 0 Å². The van der Waals surface area contributed by atoms with Crippen LogP contribution in [0.3, 0.4) is 0 Å². The highest BCUT2D eigenvalue weighted by atomic mass is 16.4. The maximum absolute atomic E-state index is 10.8. The van der Waals surface area contributed by atoms with Gasteiger partial charge in [-0.3, -0.25) is 4.79 Å². The van der Waals surface area contributed by atoms with E-state index in [0.717, 1.165) is 36.3 Å².